The molecule has 6 heteroatoms. The first-order chi connectivity index (χ1) is 40.0. The van der Waals surface area contributed by atoms with Crippen LogP contribution in [-0.4, -0.2) is 47.4 Å². The molecule has 0 rings (SSSR count). The Bertz CT molecular complexity index is 1310. The van der Waals surface area contributed by atoms with E-state index in [1.165, 1.54) is 334 Å². The molecule has 0 aliphatic carbocycles. The van der Waals surface area contributed by atoms with E-state index >= 15 is 0 Å². The van der Waals surface area contributed by atoms with E-state index in [9.17, 15) is 19.8 Å². The van der Waals surface area contributed by atoms with Gasteiger partial charge in [0.1, 0.15) is 0 Å². The predicted molar refractivity (Wildman–Crippen MR) is 356 cm³/mol. The maximum absolute atomic E-state index is 12.5. The van der Waals surface area contributed by atoms with Crippen LogP contribution in [0, 0.1) is 0 Å². The highest BCUT2D eigenvalue weighted by atomic mass is 16.5. The molecule has 3 N–H and O–H groups in total. The lowest BCUT2D eigenvalue weighted by molar-refractivity contribution is -0.143. The van der Waals surface area contributed by atoms with E-state index < -0.39 is 12.1 Å². The van der Waals surface area contributed by atoms with Gasteiger partial charge in [-0.25, -0.2) is 0 Å². The maximum atomic E-state index is 12.5. The van der Waals surface area contributed by atoms with Crippen LogP contribution in [0.4, 0.5) is 0 Å². The van der Waals surface area contributed by atoms with Gasteiger partial charge >= 0.3 is 5.97 Å². The molecule has 0 heterocycles. The number of amides is 1. The molecule has 2 unspecified atom stereocenters. The molecular weight excluding hydrogens is 995 g/mol. The molecule has 0 aromatic carbocycles. The van der Waals surface area contributed by atoms with Crippen LogP contribution < -0.4 is 5.32 Å². The molecule has 478 valence electrons. The minimum atomic E-state index is -0.842. The molecule has 0 spiro atoms. The van der Waals surface area contributed by atoms with Gasteiger partial charge in [-0.05, 0) is 83.5 Å². The number of hydrogen-bond donors (Lipinski definition) is 3. The highest BCUT2D eigenvalue weighted by Gasteiger charge is 2.18. The Labute approximate surface area is 506 Å². The number of esters is 1. The fourth-order valence-corrected chi connectivity index (χ4v) is 11.5. The van der Waals surface area contributed by atoms with Crippen LogP contribution >= 0.6 is 0 Å². The third kappa shape index (κ3) is 67.1. The van der Waals surface area contributed by atoms with Crippen molar-refractivity contribution in [2.75, 3.05) is 13.2 Å². The van der Waals surface area contributed by atoms with Gasteiger partial charge in [0.05, 0.1) is 25.4 Å². The quantitative estimate of drug-likeness (QED) is 0.0320. The normalized spacial score (nSPS) is 12.7. The highest BCUT2D eigenvalue weighted by molar-refractivity contribution is 5.76. The fraction of sp³-hybridized carbons (Fsp3) is 0.893. The number of carbonyl (C=O) groups excluding carboxylic acids is 2. The summed E-state index contributed by atoms with van der Waals surface area (Å²) in [6, 6.07) is -0.625. The molecule has 0 bridgehead atoms. The molecule has 0 radical (unpaired) electrons. The Balaban J connectivity index is 3.36. The number of aliphatic hydroxyl groups excluding tert-OH is 2. The van der Waals surface area contributed by atoms with E-state index in [0.717, 1.165) is 44.9 Å². The molecule has 0 saturated carbocycles. The maximum Gasteiger partial charge on any atom is 0.305 e. The van der Waals surface area contributed by atoms with Crippen molar-refractivity contribution in [3.05, 3.63) is 36.5 Å². The summed E-state index contributed by atoms with van der Waals surface area (Å²) in [4.78, 5) is 24.5. The smallest absolute Gasteiger partial charge is 0.305 e. The van der Waals surface area contributed by atoms with Crippen molar-refractivity contribution in [3.8, 4) is 0 Å². The Morgan fingerprint density at radius 2 is 0.580 bits per heavy atom. The van der Waals surface area contributed by atoms with Gasteiger partial charge in [0.2, 0.25) is 5.91 Å². The lowest BCUT2D eigenvalue weighted by atomic mass is 10.0. The monoisotopic (exact) mass is 1140 g/mol. The van der Waals surface area contributed by atoms with Crippen LogP contribution in [0.3, 0.4) is 0 Å². The highest BCUT2D eigenvalue weighted by Crippen LogP contribution is 2.19. The first-order valence-corrected chi connectivity index (χ1v) is 36.8. The lowest BCUT2D eigenvalue weighted by Gasteiger charge is -2.20. The molecule has 1 amide bonds. The van der Waals surface area contributed by atoms with Crippen molar-refractivity contribution in [1.29, 1.82) is 0 Å². The van der Waals surface area contributed by atoms with E-state index in [2.05, 4.69) is 43.5 Å². The third-order valence-corrected chi connectivity index (χ3v) is 17.1. The van der Waals surface area contributed by atoms with Crippen molar-refractivity contribution in [1.82, 2.24) is 5.32 Å². The van der Waals surface area contributed by atoms with Crippen LogP contribution in [0.15, 0.2) is 36.5 Å². The summed E-state index contributed by atoms with van der Waals surface area (Å²) >= 11 is 0. The number of nitrogens with one attached hydrogen (secondary N) is 1. The minimum absolute atomic E-state index is 0.0102. The number of ether oxygens (including phenoxy) is 1. The largest absolute Gasteiger partial charge is 0.466 e. The van der Waals surface area contributed by atoms with E-state index in [1.807, 2.05) is 6.08 Å². The molecule has 0 aromatic rings. The van der Waals surface area contributed by atoms with E-state index in [1.54, 1.807) is 6.08 Å². The Hall–Kier alpha value is -1.92. The van der Waals surface area contributed by atoms with Gasteiger partial charge in [0.15, 0.2) is 0 Å². The molecule has 6 nitrogen and oxygen atoms in total. The topological polar surface area (TPSA) is 95.9 Å². The van der Waals surface area contributed by atoms with Gasteiger partial charge < -0.3 is 20.3 Å². The standard InChI is InChI=1S/C75H143NO5/c1-3-5-7-9-11-13-15-17-18-38-41-44-47-51-55-59-63-67-73(78)72(71-77)76-74(79)68-64-60-56-52-48-45-42-39-36-34-32-30-28-26-24-22-20-19-21-23-25-27-29-31-33-35-37-40-43-46-50-54-58-62-66-70-81-75(80)69-65-61-57-53-49-16-14-12-10-8-6-4-2/h12,14,21,23,63,67,72-73,77-78H,3-11,13,15-20,22,24-62,64-66,68-71H2,1-2H3,(H,76,79)/b14-12-,23-21-,67-63+. The summed E-state index contributed by atoms with van der Waals surface area (Å²) in [6.07, 6.45) is 91.0. The molecule has 0 aromatic heterocycles. The molecule has 0 aliphatic rings. The Morgan fingerprint density at radius 3 is 0.901 bits per heavy atom. The Morgan fingerprint density at radius 1 is 0.333 bits per heavy atom. The first kappa shape index (κ1) is 79.1. The summed E-state index contributed by atoms with van der Waals surface area (Å²) in [5, 5.41) is 23.2. The lowest BCUT2D eigenvalue weighted by Crippen LogP contribution is -2.45. The summed E-state index contributed by atoms with van der Waals surface area (Å²) in [5.74, 6) is -0.0512. The van der Waals surface area contributed by atoms with E-state index in [-0.39, 0.29) is 18.5 Å². The van der Waals surface area contributed by atoms with Gasteiger partial charge in [-0.3, -0.25) is 9.59 Å². The number of rotatable bonds is 69. The molecule has 81 heavy (non-hydrogen) atoms. The Kier molecular flexibility index (Phi) is 68.9. The van der Waals surface area contributed by atoms with Crippen LogP contribution in [-0.2, 0) is 14.3 Å². The van der Waals surface area contributed by atoms with Crippen LogP contribution in [0.1, 0.15) is 406 Å². The van der Waals surface area contributed by atoms with Crippen molar-refractivity contribution >= 4 is 11.9 Å². The van der Waals surface area contributed by atoms with Crippen molar-refractivity contribution in [2.45, 2.75) is 418 Å². The average molecular weight is 1140 g/mol. The second-order valence-corrected chi connectivity index (χ2v) is 25.3. The molecular formula is C75H143NO5. The molecule has 0 saturated heterocycles. The zero-order chi connectivity index (χ0) is 58.5. The molecule has 0 aliphatic heterocycles. The fourth-order valence-electron chi connectivity index (χ4n) is 11.5. The van der Waals surface area contributed by atoms with Gasteiger partial charge in [-0.1, -0.05) is 346 Å². The summed E-state index contributed by atoms with van der Waals surface area (Å²) in [5.41, 5.74) is 0. The van der Waals surface area contributed by atoms with Gasteiger partial charge in [-0.2, -0.15) is 0 Å². The predicted octanol–water partition coefficient (Wildman–Crippen LogP) is 23.9. The van der Waals surface area contributed by atoms with Crippen LogP contribution in [0.2, 0.25) is 0 Å². The first-order valence-electron chi connectivity index (χ1n) is 36.8. The average Bonchev–Trinajstić information content (AvgIpc) is 3.47. The zero-order valence-electron chi connectivity index (χ0n) is 54.8. The minimum Gasteiger partial charge on any atom is -0.466 e. The van der Waals surface area contributed by atoms with Crippen molar-refractivity contribution in [2.24, 2.45) is 0 Å². The second-order valence-electron chi connectivity index (χ2n) is 25.3. The number of hydrogen-bond acceptors (Lipinski definition) is 5. The molecule has 2 atom stereocenters. The molecule has 0 fully saturated rings. The van der Waals surface area contributed by atoms with Gasteiger partial charge in [0.25, 0.3) is 0 Å². The van der Waals surface area contributed by atoms with E-state index in [0.29, 0.717) is 19.4 Å². The number of carbonyl (C=O) groups is 2. The van der Waals surface area contributed by atoms with Crippen molar-refractivity contribution in [3.63, 3.8) is 0 Å². The number of aliphatic hydroxyl groups is 2. The summed E-state index contributed by atoms with van der Waals surface area (Å²) in [6.45, 7) is 4.91. The SMILES string of the molecule is CCCCC/C=C\CCCCCCCC(=O)OCCCCCCCCCCCCCCCC/C=C\CCCCCCCCCCCCCCCCCCCC(=O)NC(CO)C(O)/C=C/CCCCCCCCCCCCCCCCC. The zero-order valence-corrected chi connectivity index (χ0v) is 54.8. The third-order valence-electron chi connectivity index (χ3n) is 17.1. The van der Waals surface area contributed by atoms with Gasteiger partial charge in [0, 0.05) is 12.8 Å². The van der Waals surface area contributed by atoms with Crippen molar-refractivity contribution < 1.29 is 24.5 Å². The van der Waals surface area contributed by atoms with Crippen LogP contribution in [0.25, 0.3) is 0 Å². The second kappa shape index (κ2) is 70.6. The van der Waals surface area contributed by atoms with E-state index in [4.69, 9.17) is 4.74 Å². The number of allylic oxidation sites excluding steroid dienone is 5. The van der Waals surface area contributed by atoms with Gasteiger partial charge in [-0.15, -0.1) is 0 Å². The van der Waals surface area contributed by atoms with Crippen LogP contribution in [0.5, 0.6) is 0 Å². The summed E-state index contributed by atoms with van der Waals surface area (Å²) < 4.78 is 5.48. The number of unbranched alkanes of at least 4 members (excludes halogenated alkanes) is 54. The summed E-state index contributed by atoms with van der Waals surface area (Å²) in [7, 11) is 0.